The van der Waals surface area contributed by atoms with Gasteiger partial charge < -0.3 is 19.5 Å². The molecule has 1 fully saturated rings. The fraction of sp³-hybridized carbons (Fsp3) is 0.500. The Balaban J connectivity index is 1.76. The van der Waals surface area contributed by atoms with Crippen LogP contribution in [-0.2, 0) is 11.2 Å². The zero-order valence-electron chi connectivity index (χ0n) is 17.0. The lowest BCUT2D eigenvalue weighted by molar-refractivity contribution is 0.0141. The Morgan fingerprint density at radius 3 is 2.38 bits per heavy atom. The number of nitrogens with one attached hydrogen (secondary N) is 1. The van der Waals surface area contributed by atoms with E-state index in [-0.39, 0.29) is 28.3 Å². The van der Waals surface area contributed by atoms with Crippen molar-refractivity contribution in [1.29, 1.82) is 0 Å². The maximum atomic E-state index is 13.0. The molecule has 0 aliphatic carbocycles. The van der Waals surface area contributed by atoms with Crippen LogP contribution in [0.15, 0.2) is 16.9 Å². The molecule has 0 saturated carbocycles. The molecule has 9 heteroatoms. The number of hydrogen-bond donors (Lipinski definition) is 1. The highest BCUT2D eigenvalue weighted by molar-refractivity contribution is 6.33. The van der Waals surface area contributed by atoms with Crippen LogP contribution >= 0.6 is 11.6 Å². The van der Waals surface area contributed by atoms with E-state index in [0.717, 1.165) is 0 Å². The summed E-state index contributed by atoms with van der Waals surface area (Å²) >= 11 is 6.27. The number of rotatable bonds is 2. The summed E-state index contributed by atoms with van der Waals surface area (Å²) in [6, 6.07) is 3.25. The lowest BCUT2D eigenvalue weighted by atomic mass is 10.1. The number of aromatic nitrogens is 2. The van der Waals surface area contributed by atoms with Gasteiger partial charge in [0.15, 0.2) is 0 Å². The van der Waals surface area contributed by atoms with Gasteiger partial charge in [-0.2, -0.15) is 0 Å². The average molecular weight is 421 g/mol. The second kappa shape index (κ2) is 8.02. The van der Waals surface area contributed by atoms with Gasteiger partial charge in [-0.25, -0.2) is 9.78 Å². The van der Waals surface area contributed by atoms with Crippen molar-refractivity contribution in [1.82, 2.24) is 19.8 Å². The SMILES string of the molecule is CCc1cc2nc(Cl)c(C(=O)N3CCN(C(=O)OC(C)(C)C)CC3)cc2[nH]c1=O. The largest absolute Gasteiger partial charge is 0.444 e. The Labute approximate surface area is 173 Å². The first-order valence-electron chi connectivity index (χ1n) is 9.58. The highest BCUT2D eigenvalue weighted by Gasteiger charge is 2.29. The molecule has 1 aliphatic heterocycles. The molecule has 0 aromatic carbocycles. The first-order chi connectivity index (χ1) is 13.6. The Morgan fingerprint density at radius 1 is 1.17 bits per heavy atom. The molecule has 2 aromatic heterocycles. The van der Waals surface area contributed by atoms with E-state index in [0.29, 0.717) is 49.2 Å². The number of halogens is 1. The van der Waals surface area contributed by atoms with Crippen LogP contribution in [0.4, 0.5) is 4.79 Å². The predicted molar refractivity (Wildman–Crippen MR) is 110 cm³/mol. The molecule has 2 amide bonds. The molecule has 0 unspecified atom stereocenters. The first kappa shape index (κ1) is 21.1. The van der Waals surface area contributed by atoms with Crippen molar-refractivity contribution >= 4 is 34.6 Å². The zero-order chi connectivity index (χ0) is 21.3. The molecule has 0 bridgehead atoms. The van der Waals surface area contributed by atoms with Gasteiger partial charge in [0.25, 0.3) is 11.5 Å². The second-order valence-electron chi connectivity index (χ2n) is 8.00. The number of ether oxygens (including phenoxy) is 1. The quantitative estimate of drug-likeness (QED) is 0.753. The molecule has 1 saturated heterocycles. The number of pyridine rings is 2. The van der Waals surface area contributed by atoms with E-state index >= 15 is 0 Å². The highest BCUT2D eigenvalue weighted by Crippen LogP contribution is 2.22. The fourth-order valence-electron chi connectivity index (χ4n) is 3.15. The van der Waals surface area contributed by atoms with E-state index in [4.69, 9.17) is 16.3 Å². The summed E-state index contributed by atoms with van der Waals surface area (Å²) in [5, 5.41) is 0.0890. The Hall–Kier alpha value is -2.61. The van der Waals surface area contributed by atoms with Gasteiger partial charge in [-0.3, -0.25) is 9.59 Å². The molecule has 2 aromatic rings. The number of aryl methyl sites for hydroxylation is 1. The Morgan fingerprint density at radius 2 is 1.79 bits per heavy atom. The van der Waals surface area contributed by atoms with Crippen LogP contribution in [0.5, 0.6) is 0 Å². The van der Waals surface area contributed by atoms with Crippen LogP contribution in [0, 0.1) is 0 Å². The van der Waals surface area contributed by atoms with E-state index in [2.05, 4.69) is 9.97 Å². The van der Waals surface area contributed by atoms with Gasteiger partial charge in [0.05, 0.1) is 16.6 Å². The standard InChI is InChI=1S/C20H25ClN4O4/c1-5-12-10-14-15(23-17(12)26)11-13(16(21)22-14)18(27)24-6-8-25(9-7-24)19(28)29-20(2,3)4/h10-11H,5-9H2,1-4H3,(H,23,26). The Bertz CT molecular complexity index is 1000. The molecule has 0 radical (unpaired) electrons. The summed E-state index contributed by atoms with van der Waals surface area (Å²) in [4.78, 5) is 47.5. The van der Waals surface area contributed by atoms with Crippen molar-refractivity contribution in [3.63, 3.8) is 0 Å². The predicted octanol–water partition coefficient (Wildman–Crippen LogP) is 2.83. The molecule has 3 heterocycles. The molecule has 8 nitrogen and oxygen atoms in total. The molecule has 0 spiro atoms. The summed E-state index contributed by atoms with van der Waals surface area (Å²) in [7, 11) is 0. The van der Waals surface area contributed by atoms with Crippen LogP contribution < -0.4 is 5.56 Å². The number of piperazine rings is 1. The molecule has 3 rings (SSSR count). The topological polar surface area (TPSA) is 95.6 Å². The van der Waals surface area contributed by atoms with Crippen molar-refractivity contribution in [2.24, 2.45) is 0 Å². The van der Waals surface area contributed by atoms with Gasteiger partial charge in [0.2, 0.25) is 0 Å². The second-order valence-corrected chi connectivity index (χ2v) is 8.35. The average Bonchev–Trinajstić information content (AvgIpc) is 2.65. The molecule has 1 N–H and O–H groups in total. The highest BCUT2D eigenvalue weighted by atomic mass is 35.5. The maximum absolute atomic E-state index is 13.0. The van der Waals surface area contributed by atoms with Crippen LogP contribution in [0.2, 0.25) is 5.15 Å². The van der Waals surface area contributed by atoms with Crippen LogP contribution in [0.3, 0.4) is 0 Å². The Kier molecular flexibility index (Phi) is 5.84. The molecule has 1 aliphatic rings. The monoisotopic (exact) mass is 420 g/mol. The number of carbonyl (C=O) groups excluding carboxylic acids is 2. The molecule has 156 valence electrons. The van der Waals surface area contributed by atoms with Crippen LogP contribution in [0.25, 0.3) is 11.0 Å². The van der Waals surface area contributed by atoms with E-state index in [1.54, 1.807) is 21.9 Å². The third kappa shape index (κ3) is 4.70. The van der Waals surface area contributed by atoms with E-state index in [9.17, 15) is 14.4 Å². The van der Waals surface area contributed by atoms with Gasteiger partial charge in [-0.1, -0.05) is 18.5 Å². The summed E-state index contributed by atoms with van der Waals surface area (Å²) in [5.74, 6) is -0.284. The third-order valence-corrected chi connectivity index (χ3v) is 4.97. The van der Waals surface area contributed by atoms with Gasteiger partial charge in [-0.15, -0.1) is 0 Å². The lowest BCUT2D eigenvalue weighted by Gasteiger charge is -2.35. The minimum absolute atomic E-state index is 0.0890. The summed E-state index contributed by atoms with van der Waals surface area (Å²) in [6.45, 7) is 8.78. The molecular weight excluding hydrogens is 396 g/mol. The van der Waals surface area contributed by atoms with Crippen molar-refractivity contribution in [3.05, 3.63) is 38.8 Å². The van der Waals surface area contributed by atoms with Gasteiger partial charge in [-0.05, 0) is 39.3 Å². The number of carbonyl (C=O) groups is 2. The number of aromatic amines is 1. The van der Waals surface area contributed by atoms with Gasteiger partial charge >= 0.3 is 6.09 Å². The number of H-pyrrole nitrogens is 1. The lowest BCUT2D eigenvalue weighted by Crippen LogP contribution is -2.51. The van der Waals surface area contributed by atoms with Crippen molar-refractivity contribution < 1.29 is 14.3 Å². The molecular formula is C20H25ClN4O4. The van der Waals surface area contributed by atoms with E-state index in [1.807, 2.05) is 27.7 Å². The zero-order valence-corrected chi connectivity index (χ0v) is 17.8. The molecule has 0 atom stereocenters. The minimum atomic E-state index is -0.567. The number of hydrogen-bond acceptors (Lipinski definition) is 5. The van der Waals surface area contributed by atoms with Gasteiger partial charge in [0, 0.05) is 31.7 Å². The number of fused-ring (bicyclic) bond motifs is 1. The maximum Gasteiger partial charge on any atom is 0.410 e. The summed E-state index contributed by atoms with van der Waals surface area (Å²) in [6.07, 6.45) is 0.187. The fourth-order valence-corrected chi connectivity index (χ4v) is 3.38. The van der Waals surface area contributed by atoms with Gasteiger partial charge in [0.1, 0.15) is 10.8 Å². The summed E-state index contributed by atoms with van der Waals surface area (Å²) < 4.78 is 5.37. The number of nitrogens with zero attached hydrogens (tertiary/aromatic N) is 3. The molecule has 29 heavy (non-hydrogen) atoms. The number of amides is 2. The third-order valence-electron chi connectivity index (χ3n) is 4.69. The van der Waals surface area contributed by atoms with Crippen molar-refractivity contribution in [2.45, 2.75) is 39.7 Å². The van der Waals surface area contributed by atoms with E-state index in [1.165, 1.54) is 0 Å². The van der Waals surface area contributed by atoms with Crippen molar-refractivity contribution in [3.8, 4) is 0 Å². The van der Waals surface area contributed by atoms with Crippen LogP contribution in [-0.4, -0.2) is 63.5 Å². The van der Waals surface area contributed by atoms with Crippen LogP contribution in [0.1, 0.15) is 43.6 Å². The van der Waals surface area contributed by atoms with Crippen molar-refractivity contribution in [2.75, 3.05) is 26.2 Å². The smallest absolute Gasteiger partial charge is 0.410 e. The normalized spacial score (nSPS) is 14.9. The first-order valence-corrected chi connectivity index (χ1v) is 9.96. The van der Waals surface area contributed by atoms with E-state index < -0.39 is 5.60 Å². The summed E-state index contributed by atoms with van der Waals surface area (Å²) in [5.41, 5.74) is 1.07. The minimum Gasteiger partial charge on any atom is -0.444 e.